The quantitative estimate of drug-likeness (QED) is 0.731. The fourth-order valence-corrected chi connectivity index (χ4v) is 2.25. The zero-order valence-corrected chi connectivity index (χ0v) is 8.64. The molecule has 2 rings (SSSR count). The molecule has 0 radical (unpaired) electrons. The molecule has 1 aliphatic rings. The Hall–Kier alpha value is -0.470. The minimum atomic E-state index is 0.139. The first-order valence-corrected chi connectivity index (χ1v) is 5.70. The van der Waals surface area contributed by atoms with Crippen molar-refractivity contribution in [2.75, 3.05) is 11.5 Å². The van der Waals surface area contributed by atoms with Crippen LogP contribution in [0.4, 0.5) is 0 Å². The molecule has 1 aromatic rings. The van der Waals surface area contributed by atoms with E-state index in [4.69, 9.17) is 4.74 Å². The Kier molecular flexibility index (Phi) is 2.61. The van der Waals surface area contributed by atoms with Crippen LogP contribution in [0.3, 0.4) is 0 Å². The van der Waals surface area contributed by atoms with Gasteiger partial charge in [0.05, 0.1) is 12.2 Å². The van der Waals surface area contributed by atoms with Gasteiger partial charge in [0, 0.05) is 11.5 Å². The molecule has 0 atom stereocenters. The molecule has 0 aliphatic carbocycles. The highest BCUT2D eigenvalue weighted by atomic mass is 32.2. The molecular formula is C11H14OS. The van der Waals surface area contributed by atoms with Gasteiger partial charge in [0.15, 0.2) is 0 Å². The molecule has 2 heteroatoms. The SMILES string of the molecule is CC1(OCc2ccccc2)CSC1. The molecule has 1 fully saturated rings. The number of rotatable bonds is 3. The number of thioether (sulfide) groups is 1. The molecule has 1 heterocycles. The van der Waals surface area contributed by atoms with Crippen LogP contribution in [0, 0.1) is 0 Å². The molecule has 13 heavy (non-hydrogen) atoms. The Balaban J connectivity index is 1.86. The highest BCUT2D eigenvalue weighted by Gasteiger charge is 2.33. The van der Waals surface area contributed by atoms with Crippen molar-refractivity contribution in [2.24, 2.45) is 0 Å². The minimum Gasteiger partial charge on any atom is -0.369 e. The predicted molar refractivity (Wildman–Crippen MR) is 57.0 cm³/mol. The van der Waals surface area contributed by atoms with E-state index in [1.807, 2.05) is 17.8 Å². The monoisotopic (exact) mass is 194 g/mol. The van der Waals surface area contributed by atoms with Gasteiger partial charge in [-0.25, -0.2) is 0 Å². The lowest BCUT2D eigenvalue weighted by Crippen LogP contribution is -2.42. The third-order valence-electron chi connectivity index (χ3n) is 2.24. The van der Waals surface area contributed by atoms with Crippen molar-refractivity contribution >= 4 is 11.8 Å². The molecule has 0 saturated carbocycles. The van der Waals surface area contributed by atoms with Crippen LogP contribution < -0.4 is 0 Å². The second-order valence-corrected chi connectivity index (χ2v) is 4.70. The zero-order chi connectivity index (χ0) is 9.15. The van der Waals surface area contributed by atoms with Crippen LogP contribution in [0.15, 0.2) is 30.3 Å². The zero-order valence-electron chi connectivity index (χ0n) is 7.82. The average Bonchev–Trinajstić information content (AvgIpc) is 2.13. The Bertz CT molecular complexity index is 267. The molecule has 0 bridgehead atoms. The summed E-state index contributed by atoms with van der Waals surface area (Å²) in [5, 5.41) is 0. The molecule has 0 spiro atoms. The van der Waals surface area contributed by atoms with E-state index < -0.39 is 0 Å². The van der Waals surface area contributed by atoms with Crippen molar-refractivity contribution in [1.82, 2.24) is 0 Å². The Morgan fingerprint density at radius 3 is 2.54 bits per heavy atom. The van der Waals surface area contributed by atoms with Gasteiger partial charge in [0.1, 0.15) is 0 Å². The predicted octanol–water partition coefficient (Wildman–Crippen LogP) is 2.71. The summed E-state index contributed by atoms with van der Waals surface area (Å²) in [5.41, 5.74) is 1.40. The van der Waals surface area contributed by atoms with E-state index in [0.717, 1.165) is 18.1 Å². The van der Waals surface area contributed by atoms with Crippen LogP contribution >= 0.6 is 11.8 Å². The second-order valence-electron chi connectivity index (χ2n) is 3.72. The van der Waals surface area contributed by atoms with Crippen LogP contribution in [0.2, 0.25) is 0 Å². The maximum absolute atomic E-state index is 5.83. The lowest BCUT2D eigenvalue weighted by molar-refractivity contribution is -0.0158. The number of hydrogen-bond acceptors (Lipinski definition) is 2. The van der Waals surface area contributed by atoms with E-state index in [2.05, 4.69) is 31.2 Å². The van der Waals surface area contributed by atoms with Gasteiger partial charge in [-0.05, 0) is 12.5 Å². The number of benzene rings is 1. The average molecular weight is 194 g/mol. The van der Waals surface area contributed by atoms with E-state index in [1.54, 1.807) is 0 Å². The first-order valence-electron chi connectivity index (χ1n) is 4.54. The molecule has 1 aromatic carbocycles. The highest BCUT2D eigenvalue weighted by Crippen LogP contribution is 2.32. The number of hydrogen-bond donors (Lipinski definition) is 0. The maximum Gasteiger partial charge on any atom is 0.0838 e. The van der Waals surface area contributed by atoms with E-state index in [9.17, 15) is 0 Å². The van der Waals surface area contributed by atoms with Gasteiger partial charge in [-0.1, -0.05) is 30.3 Å². The van der Waals surface area contributed by atoms with Crippen molar-refractivity contribution in [3.05, 3.63) is 35.9 Å². The smallest absolute Gasteiger partial charge is 0.0838 e. The summed E-state index contributed by atoms with van der Waals surface area (Å²) in [6.07, 6.45) is 0. The van der Waals surface area contributed by atoms with Crippen molar-refractivity contribution < 1.29 is 4.74 Å². The van der Waals surface area contributed by atoms with Gasteiger partial charge in [-0.3, -0.25) is 0 Å². The Morgan fingerprint density at radius 2 is 2.00 bits per heavy atom. The van der Waals surface area contributed by atoms with Crippen molar-refractivity contribution in [2.45, 2.75) is 19.1 Å². The highest BCUT2D eigenvalue weighted by molar-refractivity contribution is 8.00. The van der Waals surface area contributed by atoms with Crippen molar-refractivity contribution in [3.63, 3.8) is 0 Å². The van der Waals surface area contributed by atoms with Gasteiger partial charge in [0.25, 0.3) is 0 Å². The fourth-order valence-electron chi connectivity index (χ4n) is 1.30. The molecular weight excluding hydrogens is 180 g/mol. The third kappa shape index (κ3) is 2.26. The lowest BCUT2D eigenvalue weighted by Gasteiger charge is -2.37. The van der Waals surface area contributed by atoms with Crippen molar-refractivity contribution in [1.29, 1.82) is 0 Å². The minimum absolute atomic E-state index is 0.139. The molecule has 1 nitrogen and oxygen atoms in total. The largest absolute Gasteiger partial charge is 0.369 e. The molecule has 1 saturated heterocycles. The standard InChI is InChI=1S/C11H14OS/c1-11(8-13-9-11)12-7-10-5-3-2-4-6-10/h2-6H,7-9H2,1H3. The Labute approximate surface area is 83.5 Å². The Morgan fingerprint density at radius 1 is 1.31 bits per heavy atom. The van der Waals surface area contributed by atoms with Crippen LogP contribution in [0.5, 0.6) is 0 Å². The van der Waals surface area contributed by atoms with Crippen LogP contribution in [-0.2, 0) is 11.3 Å². The van der Waals surface area contributed by atoms with Gasteiger partial charge in [-0.15, -0.1) is 0 Å². The van der Waals surface area contributed by atoms with Gasteiger partial charge in [0.2, 0.25) is 0 Å². The van der Waals surface area contributed by atoms with E-state index in [0.29, 0.717) is 0 Å². The summed E-state index contributed by atoms with van der Waals surface area (Å²) in [5.74, 6) is 2.28. The first-order chi connectivity index (χ1) is 6.29. The molecule has 0 aromatic heterocycles. The van der Waals surface area contributed by atoms with E-state index in [1.165, 1.54) is 5.56 Å². The van der Waals surface area contributed by atoms with Crippen LogP contribution in [-0.4, -0.2) is 17.1 Å². The lowest BCUT2D eigenvalue weighted by atomic mass is 10.1. The summed E-state index contributed by atoms with van der Waals surface area (Å²) >= 11 is 1.95. The molecule has 0 unspecified atom stereocenters. The van der Waals surface area contributed by atoms with Crippen LogP contribution in [0.1, 0.15) is 12.5 Å². The molecule has 1 aliphatic heterocycles. The summed E-state index contributed by atoms with van der Waals surface area (Å²) in [7, 11) is 0. The summed E-state index contributed by atoms with van der Waals surface area (Å²) in [6, 6.07) is 10.3. The summed E-state index contributed by atoms with van der Waals surface area (Å²) in [4.78, 5) is 0. The molecule has 70 valence electrons. The summed E-state index contributed by atoms with van der Waals surface area (Å²) in [6.45, 7) is 2.93. The normalized spacial score (nSPS) is 19.5. The third-order valence-corrected chi connectivity index (χ3v) is 3.87. The fraction of sp³-hybridized carbons (Fsp3) is 0.455. The molecule has 0 N–H and O–H groups in total. The molecule has 0 amide bonds. The van der Waals surface area contributed by atoms with E-state index in [-0.39, 0.29) is 5.60 Å². The second kappa shape index (κ2) is 3.72. The number of ether oxygens (including phenoxy) is 1. The summed E-state index contributed by atoms with van der Waals surface area (Å²) < 4.78 is 5.83. The van der Waals surface area contributed by atoms with E-state index >= 15 is 0 Å². The van der Waals surface area contributed by atoms with Gasteiger partial charge >= 0.3 is 0 Å². The maximum atomic E-state index is 5.83. The topological polar surface area (TPSA) is 9.23 Å². The first kappa shape index (κ1) is 9.10. The van der Waals surface area contributed by atoms with Gasteiger partial charge in [-0.2, -0.15) is 11.8 Å². The van der Waals surface area contributed by atoms with Crippen LogP contribution in [0.25, 0.3) is 0 Å². The van der Waals surface area contributed by atoms with Gasteiger partial charge < -0.3 is 4.74 Å². The van der Waals surface area contributed by atoms with Crippen molar-refractivity contribution in [3.8, 4) is 0 Å².